The number of nitrogens with one attached hydrogen (secondary N) is 5. The van der Waals surface area contributed by atoms with Crippen molar-refractivity contribution in [1.82, 2.24) is 26.6 Å². The normalized spacial score (nSPS) is 23.6. The summed E-state index contributed by atoms with van der Waals surface area (Å²) in [5.41, 5.74) is -0.812. The summed E-state index contributed by atoms with van der Waals surface area (Å²) < 4.78 is 5.25. The molecule has 2 heterocycles. The van der Waals surface area contributed by atoms with Crippen LogP contribution in [0.1, 0.15) is 38.9 Å². The van der Waals surface area contributed by atoms with Crippen molar-refractivity contribution in [3.8, 4) is 0 Å². The van der Waals surface area contributed by atoms with Crippen LogP contribution in [0.4, 0.5) is 0 Å². The molecule has 0 radical (unpaired) electrons. The zero-order valence-electron chi connectivity index (χ0n) is 19.3. The van der Waals surface area contributed by atoms with Crippen LogP contribution in [0.15, 0.2) is 22.8 Å². The molecule has 1 fully saturated rings. The van der Waals surface area contributed by atoms with Gasteiger partial charge in [0, 0.05) is 31.2 Å². The van der Waals surface area contributed by atoms with Gasteiger partial charge in [-0.3, -0.25) is 24.0 Å². The molecule has 1 aliphatic rings. The lowest BCUT2D eigenvalue weighted by atomic mass is 9.84. The third-order valence-corrected chi connectivity index (χ3v) is 5.35. The third kappa shape index (κ3) is 8.68. The Morgan fingerprint density at radius 1 is 0.941 bits per heavy atom. The molecule has 2 rings (SSSR count). The van der Waals surface area contributed by atoms with E-state index in [1.165, 1.54) is 6.26 Å². The van der Waals surface area contributed by atoms with E-state index in [4.69, 9.17) is 4.42 Å². The fourth-order valence-electron chi connectivity index (χ4n) is 3.21. The molecule has 0 spiro atoms. The van der Waals surface area contributed by atoms with E-state index in [1.807, 2.05) is 0 Å². The topological polar surface area (TPSA) is 176 Å². The Kier molecular flexibility index (Phi) is 9.77. The van der Waals surface area contributed by atoms with Crippen molar-refractivity contribution in [2.24, 2.45) is 5.41 Å². The van der Waals surface area contributed by atoms with E-state index >= 15 is 0 Å². The van der Waals surface area contributed by atoms with Crippen molar-refractivity contribution in [3.63, 3.8) is 0 Å². The molecule has 1 aliphatic heterocycles. The molecule has 186 valence electrons. The van der Waals surface area contributed by atoms with Crippen LogP contribution in [-0.2, 0) is 35.2 Å². The number of hydrogen-bond acceptors (Lipinski definition) is 7. The van der Waals surface area contributed by atoms with Crippen molar-refractivity contribution < 1.29 is 33.2 Å². The summed E-state index contributed by atoms with van der Waals surface area (Å²) in [7, 11) is 0. The lowest BCUT2D eigenvalue weighted by Gasteiger charge is -2.31. The highest BCUT2D eigenvalue weighted by atomic mass is 16.3. The molecule has 1 aromatic rings. The summed E-state index contributed by atoms with van der Waals surface area (Å²) in [6.45, 7) is 2.73. The fourth-order valence-corrected chi connectivity index (χ4v) is 3.21. The number of amides is 5. The highest BCUT2D eigenvalue weighted by Gasteiger charge is 2.31. The molecule has 0 aliphatic carbocycles. The molecule has 12 nitrogen and oxygen atoms in total. The van der Waals surface area contributed by atoms with Gasteiger partial charge in [0.25, 0.3) is 0 Å². The molecule has 0 saturated carbocycles. The van der Waals surface area contributed by atoms with E-state index in [0.29, 0.717) is 12.0 Å². The minimum atomic E-state index is -1.04. The minimum Gasteiger partial charge on any atom is -0.469 e. The van der Waals surface area contributed by atoms with E-state index in [2.05, 4.69) is 26.6 Å². The molecule has 0 aromatic carbocycles. The largest absolute Gasteiger partial charge is 0.469 e. The fraction of sp³-hybridized carbons (Fsp3) is 0.545. The first-order valence-electron chi connectivity index (χ1n) is 11.0. The van der Waals surface area contributed by atoms with Crippen molar-refractivity contribution in [2.75, 3.05) is 19.6 Å². The Balaban J connectivity index is 2.13. The summed E-state index contributed by atoms with van der Waals surface area (Å²) >= 11 is 0. The van der Waals surface area contributed by atoms with Crippen molar-refractivity contribution in [1.29, 1.82) is 0 Å². The van der Waals surface area contributed by atoms with Crippen LogP contribution in [0.25, 0.3) is 0 Å². The molecule has 2 atom stereocenters. The molecule has 5 N–H and O–H groups in total. The first kappa shape index (κ1) is 26.6. The monoisotopic (exact) mass is 477 g/mol. The van der Waals surface area contributed by atoms with Gasteiger partial charge >= 0.3 is 0 Å². The van der Waals surface area contributed by atoms with Gasteiger partial charge in [-0.2, -0.15) is 0 Å². The summed E-state index contributed by atoms with van der Waals surface area (Å²) in [6.07, 6.45) is 2.30. The number of hydrogen-bond donors (Lipinski definition) is 5. The van der Waals surface area contributed by atoms with Crippen LogP contribution >= 0.6 is 0 Å². The first-order valence-corrected chi connectivity index (χ1v) is 11.0. The van der Waals surface area contributed by atoms with Gasteiger partial charge in [0.05, 0.1) is 25.4 Å². The second kappa shape index (κ2) is 12.5. The first-order chi connectivity index (χ1) is 16.1. The zero-order chi connectivity index (χ0) is 25.1. The predicted octanol–water partition coefficient (Wildman–Crippen LogP) is -1.45. The maximum absolute atomic E-state index is 12.7. The number of carbonyl (C=O) groups is 6. The Morgan fingerprint density at radius 3 is 2.32 bits per heavy atom. The number of carbonyl (C=O) groups excluding carboxylic acids is 6. The van der Waals surface area contributed by atoms with E-state index in [1.54, 1.807) is 26.0 Å². The minimum absolute atomic E-state index is 0.00220. The van der Waals surface area contributed by atoms with Gasteiger partial charge in [-0.1, -0.05) is 13.8 Å². The summed E-state index contributed by atoms with van der Waals surface area (Å²) in [4.78, 5) is 73.0. The van der Waals surface area contributed by atoms with Gasteiger partial charge in [-0.15, -0.1) is 0 Å². The lowest BCUT2D eigenvalue weighted by Crippen LogP contribution is -2.53. The molecule has 0 unspecified atom stereocenters. The SMILES string of the molecule is CC1(C)CNC(=O)CNC(=O)[C@H](Cc2ccco2)NC(=O)CNC(=O)CCCC(=O)N[C@@H]1C=O. The van der Waals surface area contributed by atoms with Gasteiger partial charge in [0.2, 0.25) is 29.5 Å². The Bertz CT molecular complexity index is 897. The van der Waals surface area contributed by atoms with Crippen LogP contribution in [0, 0.1) is 5.41 Å². The van der Waals surface area contributed by atoms with E-state index in [-0.39, 0.29) is 45.3 Å². The maximum Gasteiger partial charge on any atom is 0.243 e. The highest BCUT2D eigenvalue weighted by molar-refractivity contribution is 5.92. The standard InChI is InChI=1S/C22H31N5O7/c1-22(2)13-25-19(31)10-24-21(33)15(9-14-5-4-8-34-14)26-20(32)11-23-17(29)6-3-7-18(30)27-16(22)12-28/h4-5,8,12,15-16H,3,6-7,9-11,13H2,1-2H3,(H,23,29)(H,24,33)(H,25,31)(H,26,32)(H,27,30)/t15-,16+/m0/s1. The molecular weight excluding hydrogens is 446 g/mol. The predicted molar refractivity (Wildman–Crippen MR) is 119 cm³/mol. The van der Waals surface area contributed by atoms with Gasteiger partial charge in [-0.05, 0) is 18.6 Å². The second-order valence-electron chi connectivity index (χ2n) is 8.70. The van der Waals surface area contributed by atoms with Crippen LogP contribution in [0.2, 0.25) is 0 Å². The summed E-state index contributed by atoms with van der Waals surface area (Å²) in [5, 5.41) is 12.7. The molecule has 12 heteroatoms. The number of furan rings is 1. The molecule has 0 bridgehead atoms. The number of rotatable bonds is 3. The van der Waals surface area contributed by atoms with Crippen molar-refractivity contribution in [3.05, 3.63) is 24.2 Å². The summed E-state index contributed by atoms with van der Waals surface area (Å²) in [5.74, 6) is -2.11. The molecule has 5 amide bonds. The van der Waals surface area contributed by atoms with Gasteiger partial charge in [-0.25, -0.2) is 0 Å². The molecule has 1 saturated heterocycles. The average Bonchev–Trinajstić information content (AvgIpc) is 3.30. The zero-order valence-corrected chi connectivity index (χ0v) is 19.3. The van der Waals surface area contributed by atoms with Gasteiger partial charge in [0.1, 0.15) is 18.1 Å². The smallest absolute Gasteiger partial charge is 0.243 e. The molecule has 34 heavy (non-hydrogen) atoms. The lowest BCUT2D eigenvalue weighted by molar-refractivity contribution is -0.131. The third-order valence-electron chi connectivity index (χ3n) is 5.35. The number of aldehydes is 1. The van der Waals surface area contributed by atoms with Gasteiger partial charge < -0.3 is 35.8 Å². The van der Waals surface area contributed by atoms with Crippen LogP contribution in [0.3, 0.4) is 0 Å². The Morgan fingerprint density at radius 2 is 1.65 bits per heavy atom. The quantitative estimate of drug-likeness (QED) is 0.331. The highest BCUT2D eigenvalue weighted by Crippen LogP contribution is 2.18. The molecular formula is C22H31N5O7. The van der Waals surface area contributed by atoms with E-state index in [9.17, 15) is 28.8 Å². The van der Waals surface area contributed by atoms with Crippen molar-refractivity contribution in [2.45, 2.75) is 51.6 Å². The van der Waals surface area contributed by atoms with Crippen LogP contribution in [0.5, 0.6) is 0 Å². The molecule has 1 aromatic heterocycles. The Hall–Kier alpha value is -3.70. The summed E-state index contributed by atoms with van der Waals surface area (Å²) in [6, 6.07) is 1.37. The average molecular weight is 478 g/mol. The van der Waals surface area contributed by atoms with Crippen LogP contribution in [-0.4, -0.2) is 67.5 Å². The van der Waals surface area contributed by atoms with Gasteiger partial charge in [0.15, 0.2) is 0 Å². The van der Waals surface area contributed by atoms with E-state index in [0.717, 1.165) is 0 Å². The van der Waals surface area contributed by atoms with Crippen molar-refractivity contribution >= 4 is 35.8 Å². The Labute approximate surface area is 197 Å². The maximum atomic E-state index is 12.7. The van der Waals surface area contributed by atoms with Crippen LogP contribution < -0.4 is 26.6 Å². The second-order valence-corrected chi connectivity index (χ2v) is 8.70. The van der Waals surface area contributed by atoms with E-state index < -0.39 is 47.0 Å².